The predicted molar refractivity (Wildman–Crippen MR) is 117 cm³/mol. The molecule has 0 aromatic heterocycles. The first kappa shape index (κ1) is 24.1. The van der Waals surface area contributed by atoms with Crippen molar-refractivity contribution >= 4 is 11.9 Å². The third-order valence-corrected chi connectivity index (χ3v) is 4.93. The molecular formula is C23H25F3N4O3. The van der Waals surface area contributed by atoms with Crippen molar-refractivity contribution in [3.05, 3.63) is 78.0 Å². The average Bonchev–Trinajstić information content (AvgIpc) is 2.78. The highest BCUT2D eigenvalue weighted by Crippen LogP contribution is 2.25. The topological polar surface area (TPSA) is 75.2 Å². The fourth-order valence-electron chi connectivity index (χ4n) is 3.29. The highest BCUT2D eigenvalue weighted by Gasteiger charge is 2.31. The van der Waals surface area contributed by atoms with Gasteiger partial charge >= 0.3 is 6.36 Å². The van der Waals surface area contributed by atoms with Gasteiger partial charge in [-0.05, 0) is 29.3 Å². The van der Waals surface area contributed by atoms with Crippen molar-refractivity contribution in [2.24, 2.45) is 4.99 Å². The third kappa shape index (κ3) is 6.98. The number of benzene rings is 2. The monoisotopic (exact) mass is 462 g/mol. The van der Waals surface area contributed by atoms with Crippen molar-refractivity contribution in [3.8, 4) is 5.75 Å². The summed E-state index contributed by atoms with van der Waals surface area (Å²) in [5.41, 5.74) is 1.62. The van der Waals surface area contributed by atoms with Crippen LogP contribution in [-0.4, -0.2) is 49.9 Å². The number of amides is 1. The highest BCUT2D eigenvalue weighted by atomic mass is 19.4. The fourth-order valence-corrected chi connectivity index (χ4v) is 3.29. The minimum absolute atomic E-state index is 0.137. The first-order chi connectivity index (χ1) is 15.8. The van der Waals surface area contributed by atoms with E-state index in [0.717, 1.165) is 5.56 Å². The van der Waals surface area contributed by atoms with E-state index >= 15 is 0 Å². The van der Waals surface area contributed by atoms with Gasteiger partial charge in [0, 0.05) is 20.4 Å². The van der Waals surface area contributed by atoms with Crippen LogP contribution in [0.25, 0.3) is 0 Å². The van der Waals surface area contributed by atoms with Crippen LogP contribution in [-0.2, 0) is 16.1 Å². The summed E-state index contributed by atoms with van der Waals surface area (Å²) in [5, 5.41) is 5.94. The van der Waals surface area contributed by atoms with E-state index in [1.807, 2.05) is 30.3 Å². The summed E-state index contributed by atoms with van der Waals surface area (Å²) >= 11 is 0. The van der Waals surface area contributed by atoms with E-state index < -0.39 is 18.4 Å². The van der Waals surface area contributed by atoms with Gasteiger partial charge in [0.1, 0.15) is 11.8 Å². The second kappa shape index (κ2) is 10.9. The summed E-state index contributed by atoms with van der Waals surface area (Å²) in [6.45, 7) is 0.590. The van der Waals surface area contributed by atoms with Crippen LogP contribution < -0.4 is 15.4 Å². The lowest BCUT2D eigenvalue weighted by atomic mass is 10.1. The molecule has 2 atom stereocenters. The zero-order valence-corrected chi connectivity index (χ0v) is 18.2. The highest BCUT2D eigenvalue weighted by molar-refractivity contribution is 5.92. The molecule has 1 aliphatic rings. The Labute approximate surface area is 189 Å². The van der Waals surface area contributed by atoms with Crippen LogP contribution in [0.5, 0.6) is 5.75 Å². The number of alkyl halides is 3. The van der Waals surface area contributed by atoms with Crippen LogP contribution in [0.3, 0.4) is 0 Å². The summed E-state index contributed by atoms with van der Waals surface area (Å²) in [5.74, 6) is -0.104. The van der Waals surface area contributed by atoms with E-state index in [9.17, 15) is 18.0 Å². The largest absolute Gasteiger partial charge is 0.573 e. The molecule has 0 saturated heterocycles. The average molecular weight is 462 g/mol. The van der Waals surface area contributed by atoms with E-state index in [2.05, 4.69) is 20.4 Å². The number of carbonyl (C=O) groups is 1. The lowest BCUT2D eigenvalue weighted by Crippen LogP contribution is -2.53. The predicted octanol–water partition coefficient (Wildman–Crippen LogP) is 3.36. The Morgan fingerprint density at radius 1 is 1.18 bits per heavy atom. The molecule has 2 aromatic carbocycles. The summed E-state index contributed by atoms with van der Waals surface area (Å²) < 4.78 is 46.3. The molecule has 2 aromatic rings. The molecule has 0 bridgehead atoms. The van der Waals surface area contributed by atoms with Gasteiger partial charge in [0.2, 0.25) is 5.91 Å². The molecule has 10 heteroatoms. The van der Waals surface area contributed by atoms with Gasteiger partial charge in [-0.15, -0.1) is 13.2 Å². The molecule has 7 nitrogen and oxygen atoms in total. The number of rotatable bonds is 8. The van der Waals surface area contributed by atoms with Crippen LogP contribution in [0.1, 0.15) is 17.2 Å². The zero-order chi connectivity index (χ0) is 23.8. The van der Waals surface area contributed by atoms with Crippen molar-refractivity contribution in [2.75, 3.05) is 20.8 Å². The van der Waals surface area contributed by atoms with Crippen LogP contribution in [0.15, 0.2) is 71.9 Å². The molecule has 0 fully saturated rings. The Balaban J connectivity index is 1.68. The van der Waals surface area contributed by atoms with Crippen molar-refractivity contribution in [2.45, 2.75) is 25.0 Å². The van der Waals surface area contributed by atoms with E-state index in [1.54, 1.807) is 24.2 Å². The number of guanidine groups is 1. The number of methoxy groups -OCH3 is 1. The molecule has 1 amide bonds. The van der Waals surface area contributed by atoms with E-state index in [4.69, 9.17) is 4.74 Å². The smallest absolute Gasteiger partial charge is 0.406 e. The third-order valence-electron chi connectivity index (χ3n) is 4.93. The van der Waals surface area contributed by atoms with Gasteiger partial charge in [0.25, 0.3) is 0 Å². The quantitative estimate of drug-likeness (QED) is 0.629. The molecule has 3 rings (SSSR count). The maximum atomic E-state index is 13.0. The standard InChI is InChI=1S/C23H25F3N4O3/c1-30-20(12-13-27-22(30)28-14-16-6-4-3-5-7-16)21(31)29-19(15-32-2)17-8-10-18(11-9-17)33-23(24,25)26/h3-13,19-20H,14-15H2,1-2H3,(H,27,28)(H,29,31). The van der Waals surface area contributed by atoms with Crippen molar-refractivity contribution < 1.29 is 27.4 Å². The lowest BCUT2D eigenvalue weighted by molar-refractivity contribution is -0.274. The molecule has 0 spiro atoms. The van der Waals surface area contributed by atoms with Gasteiger partial charge in [0.15, 0.2) is 5.96 Å². The number of aliphatic imine (C=N–C) groups is 1. The van der Waals surface area contributed by atoms with Gasteiger partial charge in [0.05, 0.1) is 19.2 Å². The number of hydrogen-bond acceptors (Lipinski definition) is 4. The number of nitrogens with one attached hydrogen (secondary N) is 2. The molecule has 176 valence electrons. The molecule has 1 heterocycles. The maximum Gasteiger partial charge on any atom is 0.573 e. The van der Waals surface area contributed by atoms with Gasteiger partial charge in [-0.2, -0.15) is 0 Å². The second-order valence-corrected chi connectivity index (χ2v) is 7.32. The van der Waals surface area contributed by atoms with Crippen LogP contribution in [0.4, 0.5) is 13.2 Å². The molecule has 0 radical (unpaired) electrons. The first-order valence-corrected chi connectivity index (χ1v) is 10.2. The maximum absolute atomic E-state index is 13.0. The zero-order valence-electron chi connectivity index (χ0n) is 18.2. The minimum atomic E-state index is -4.77. The number of carbonyl (C=O) groups excluding carboxylic acids is 1. The Kier molecular flexibility index (Phi) is 7.94. The number of halogens is 3. The number of likely N-dealkylation sites (N-methyl/N-ethyl adjacent to an activating group) is 1. The van der Waals surface area contributed by atoms with E-state index in [1.165, 1.54) is 31.4 Å². The molecule has 0 aliphatic carbocycles. The van der Waals surface area contributed by atoms with Crippen LogP contribution in [0, 0.1) is 0 Å². The van der Waals surface area contributed by atoms with Crippen molar-refractivity contribution in [1.82, 2.24) is 15.5 Å². The molecule has 2 N–H and O–H groups in total. The summed E-state index contributed by atoms with van der Waals surface area (Å²) in [6, 6.07) is 13.8. The Bertz CT molecular complexity index is 979. The van der Waals surface area contributed by atoms with Crippen molar-refractivity contribution in [1.29, 1.82) is 0 Å². The van der Waals surface area contributed by atoms with Crippen LogP contribution in [0.2, 0.25) is 0 Å². The van der Waals surface area contributed by atoms with Gasteiger partial charge in [-0.25, -0.2) is 4.99 Å². The molecule has 0 saturated carbocycles. The van der Waals surface area contributed by atoms with Crippen molar-refractivity contribution in [3.63, 3.8) is 0 Å². The first-order valence-electron chi connectivity index (χ1n) is 10.2. The Morgan fingerprint density at radius 2 is 1.88 bits per heavy atom. The number of hydrogen-bond donors (Lipinski definition) is 2. The Hall–Kier alpha value is -3.53. The molecule has 1 aliphatic heterocycles. The SMILES string of the molecule is COCC(NC(=O)C1C=CNC(=NCc2ccccc2)N1C)c1ccc(OC(F)(F)F)cc1. The van der Waals surface area contributed by atoms with Gasteiger partial charge in [-0.1, -0.05) is 42.5 Å². The number of nitrogens with zero attached hydrogens (tertiary/aromatic N) is 2. The summed E-state index contributed by atoms with van der Waals surface area (Å²) in [4.78, 5) is 19.3. The summed E-state index contributed by atoms with van der Waals surface area (Å²) in [6.07, 6.45) is -1.42. The molecule has 2 unspecified atom stereocenters. The second-order valence-electron chi connectivity index (χ2n) is 7.32. The lowest BCUT2D eigenvalue weighted by Gasteiger charge is -2.32. The Morgan fingerprint density at radius 3 is 2.52 bits per heavy atom. The molecule has 33 heavy (non-hydrogen) atoms. The van der Waals surface area contributed by atoms with Gasteiger partial charge in [-0.3, -0.25) is 4.79 Å². The van der Waals surface area contributed by atoms with E-state index in [0.29, 0.717) is 18.1 Å². The minimum Gasteiger partial charge on any atom is -0.406 e. The van der Waals surface area contributed by atoms with E-state index in [-0.39, 0.29) is 18.3 Å². The van der Waals surface area contributed by atoms with Crippen LogP contribution >= 0.6 is 0 Å². The normalized spacial score (nSPS) is 18.0. The fraction of sp³-hybridized carbons (Fsp3) is 0.304. The summed E-state index contributed by atoms with van der Waals surface area (Å²) in [7, 11) is 3.23. The van der Waals surface area contributed by atoms with Gasteiger partial charge < -0.3 is 25.0 Å². The molecular weight excluding hydrogens is 437 g/mol. The number of ether oxygens (including phenoxy) is 2.